The summed E-state index contributed by atoms with van der Waals surface area (Å²) in [5, 5.41) is 14.6. The Morgan fingerprint density at radius 1 is 1.06 bits per heavy atom. The van der Waals surface area contributed by atoms with Crippen LogP contribution in [-0.4, -0.2) is 47.4 Å². The number of amides is 2. The molecule has 34 heavy (non-hydrogen) atoms. The topological polar surface area (TPSA) is 82.3 Å². The Labute approximate surface area is 203 Å². The van der Waals surface area contributed by atoms with Crippen LogP contribution in [0.5, 0.6) is 5.75 Å². The van der Waals surface area contributed by atoms with Gasteiger partial charge in [0.1, 0.15) is 11.9 Å². The molecule has 1 aliphatic rings. The molecular formula is C26H26ClN5O2. The molecule has 8 heteroatoms. The highest BCUT2D eigenvalue weighted by molar-refractivity contribution is 6.33. The molecule has 2 heterocycles. The predicted molar refractivity (Wildman–Crippen MR) is 137 cm³/mol. The third-order valence-corrected chi connectivity index (χ3v) is 6.37. The zero-order chi connectivity index (χ0) is 23.5. The fraction of sp³-hybridized carbons (Fsp3) is 0.231. The number of aromatic amines is 1. The molecule has 7 nitrogen and oxygen atoms in total. The van der Waals surface area contributed by atoms with Crippen molar-refractivity contribution in [2.45, 2.75) is 18.9 Å². The molecule has 4 aromatic rings. The molecule has 1 saturated heterocycles. The van der Waals surface area contributed by atoms with Gasteiger partial charge in [-0.15, -0.1) is 0 Å². The number of rotatable bonds is 5. The summed E-state index contributed by atoms with van der Waals surface area (Å²) in [6.07, 6.45) is 2.35. The maximum atomic E-state index is 12.5. The number of para-hydroxylation sites is 1. The molecule has 1 aromatic heterocycles. The molecule has 174 valence electrons. The number of nitrogens with one attached hydrogen (secondary N) is 3. The van der Waals surface area contributed by atoms with Gasteiger partial charge in [0.2, 0.25) is 0 Å². The van der Waals surface area contributed by atoms with Gasteiger partial charge in [-0.1, -0.05) is 23.7 Å². The normalized spacial score (nSPS) is 14.8. The van der Waals surface area contributed by atoms with Crippen LogP contribution in [0.3, 0.4) is 0 Å². The Morgan fingerprint density at radius 2 is 1.82 bits per heavy atom. The lowest BCUT2D eigenvalue weighted by Crippen LogP contribution is -2.35. The molecule has 3 aromatic carbocycles. The maximum Gasteiger partial charge on any atom is 0.323 e. The molecule has 1 aliphatic heterocycles. The van der Waals surface area contributed by atoms with E-state index in [2.05, 4.69) is 32.8 Å². The molecule has 0 radical (unpaired) electrons. The molecule has 3 N–H and O–H groups in total. The molecule has 2 amide bonds. The molecule has 0 atom stereocenters. The first-order valence-electron chi connectivity index (χ1n) is 11.3. The number of piperidine rings is 1. The summed E-state index contributed by atoms with van der Waals surface area (Å²) in [4.78, 5) is 14.8. The van der Waals surface area contributed by atoms with E-state index in [1.807, 2.05) is 54.6 Å². The lowest BCUT2D eigenvalue weighted by molar-refractivity contribution is 0.114. The van der Waals surface area contributed by atoms with E-state index in [-0.39, 0.29) is 12.1 Å². The molecular weight excluding hydrogens is 450 g/mol. The summed E-state index contributed by atoms with van der Waals surface area (Å²) in [5.74, 6) is 0.872. The first-order valence-corrected chi connectivity index (χ1v) is 11.7. The van der Waals surface area contributed by atoms with Crippen LogP contribution in [0.1, 0.15) is 12.8 Å². The Bertz CT molecular complexity index is 1300. The minimum absolute atomic E-state index is 0.263. The smallest absolute Gasteiger partial charge is 0.323 e. The van der Waals surface area contributed by atoms with E-state index in [0.717, 1.165) is 53.8 Å². The van der Waals surface area contributed by atoms with Gasteiger partial charge in [0.15, 0.2) is 0 Å². The van der Waals surface area contributed by atoms with Gasteiger partial charge < -0.3 is 20.3 Å². The van der Waals surface area contributed by atoms with Crippen molar-refractivity contribution >= 4 is 39.9 Å². The van der Waals surface area contributed by atoms with Gasteiger partial charge in [0.25, 0.3) is 0 Å². The van der Waals surface area contributed by atoms with Crippen molar-refractivity contribution in [1.82, 2.24) is 15.1 Å². The van der Waals surface area contributed by atoms with Crippen LogP contribution < -0.4 is 15.4 Å². The molecule has 5 rings (SSSR count). The van der Waals surface area contributed by atoms with Crippen LogP contribution in [-0.2, 0) is 0 Å². The number of nitrogens with zero attached hydrogens (tertiary/aromatic N) is 2. The molecule has 1 fully saturated rings. The van der Waals surface area contributed by atoms with Crippen LogP contribution in [0.2, 0.25) is 5.02 Å². The number of halogens is 1. The monoisotopic (exact) mass is 475 g/mol. The van der Waals surface area contributed by atoms with Crippen LogP contribution in [0.25, 0.3) is 22.2 Å². The lowest BCUT2D eigenvalue weighted by Gasteiger charge is -2.29. The van der Waals surface area contributed by atoms with E-state index in [9.17, 15) is 4.79 Å². The highest BCUT2D eigenvalue weighted by Crippen LogP contribution is 2.30. The number of benzene rings is 3. The van der Waals surface area contributed by atoms with E-state index in [4.69, 9.17) is 16.3 Å². The van der Waals surface area contributed by atoms with Crippen LogP contribution in [0, 0.1) is 0 Å². The van der Waals surface area contributed by atoms with E-state index < -0.39 is 0 Å². The number of urea groups is 1. The van der Waals surface area contributed by atoms with Gasteiger partial charge in [-0.25, -0.2) is 4.79 Å². The number of carbonyl (C=O) groups excluding carboxylic acids is 1. The highest BCUT2D eigenvalue weighted by Gasteiger charge is 2.18. The number of hydrogen-bond acceptors (Lipinski definition) is 4. The molecule has 0 saturated carbocycles. The van der Waals surface area contributed by atoms with Gasteiger partial charge in [0, 0.05) is 29.7 Å². The van der Waals surface area contributed by atoms with E-state index in [0.29, 0.717) is 16.4 Å². The lowest BCUT2D eigenvalue weighted by atomic mass is 10.1. The van der Waals surface area contributed by atoms with Crippen molar-refractivity contribution in [3.8, 4) is 17.0 Å². The number of ether oxygens (including phenoxy) is 1. The van der Waals surface area contributed by atoms with Gasteiger partial charge >= 0.3 is 6.03 Å². The zero-order valence-corrected chi connectivity index (χ0v) is 19.6. The molecule has 0 spiro atoms. The minimum Gasteiger partial charge on any atom is -0.490 e. The Hall–Kier alpha value is -3.55. The first-order chi connectivity index (χ1) is 16.5. The number of likely N-dealkylation sites (tertiary alicyclic amines) is 1. The van der Waals surface area contributed by atoms with Crippen molar-refractivity contribution in [2.24, 2.45) is 0 Å². The number of aromatic nitrogens is 2. The van der Waals surface area contributed by atoms with E-state index in [1.54, 1.807) is 12.1 Å². The van der Waals surface area contributed by atoms with Gasteiger partial charge in [-0.05, 0) is 74.5 Å². The summed E-state index contributed by atoms with van der Waals surface area (Å²) in [5.41, 5.74) is 3.88. The van der Waals surface area contributed by atoms with Gasteiger partial charge in [-0.2, -0.15) is 5.10 Å². The van der Waals surface area contributed by atoms with Crippen LogP contribution in [0.15, 0.2) is 66.7 Å². The molecule has 0 aliphatic carbocycles. The number of hydrogen-bond donors (Lipinski definition) is 3. The second kappa shape index (κ2) is 9.75. The highest BCUT2D eigenvalue weighted by atomic mass is 35.5. The van der Waals surface area contributed by atoms with Gasteiger partial charge in [0.05, 0.1) is 21.9 Å². The quantitative estimate of drug-likeness (QED) is 0.330. The number of anilines is 2. The van der Waals surface area contributed by atoms with Crippen molar-refractivity contribution in [1.29, 1.82) is 0 Å². The largest absolute Gasteiger partial charge is 0.490 e. The second-order valence-corrected chi connectivity index (χ2v) is 8.94. The second-order valence-electron chi connectivity index (χ2n) is 8.54. The fourth-order valence-electron chi connectivity index (χ4n) is 4.15. The Balaban J connectivity index is 1.30. The standard InChI is InChI=1S/C26H26ClN5O2/c1-32-14-12-20(13-15-32)34-19-9-6-17(7-10-19)25-21-16-18(8-11-23(21)30-31-25)28-26(33)29-24-5-3-2-4-22(24)27/h2-11,16,20H,12-15H2,1H3,(H,30,31)(H2,28,29,33). The fourth-order valence-corrected chi connectivity index (χ4v) is 4.33. The third kappa shape index (κ3) is 5.00. The summed E-state index contributed by atoms with van der Waals surface area (Å²) < 4.78 is 6.16. The number of carbonyl (C=O) groups is 1. The maximum absolute atomic E-state index is 12.5. The van der Waals surface area contributed by atoms with Gasteiger partial charge in [-0.3, -0.25) is 5.10 Å². The van der Waals surface area contributed by atoms with Crippen LogP contribution >= 0.6 is 11.6 Å². The Morgan fingerprint density at radius 3 is 2.59 bits per heavy atom. The van der Waals surface area contributed by atoms with Crippen LogP contribution in [0.4, 0.5) is 16.2 Å². The average molecular weight is 476 g/mol. The number of fused-ring (bicyclic) bond motifs is 1. The van der Waals surface area contributed by atoms with E-state index in [1.165, 1.54) is 0 Å². The summed E-state index contributed by atoms with van der Waals surface area (Å²) in [6, 6.07) is 20.4. The predicted octanol–water partition coefficient (Wildman–Crippen LogP) is 6.00. The minimum atomic E-state index is -0.368. The summed E-state index contributed by atoms with van der Waals surface area (Å²) in [6.45, 7) is 2.13. The first kappa shape index (κ1) is 22.3. The summed E-state index contributed by atoms with van der Waals surface area (Å²) >= 11 is 6.13. The Kier molecular flexibility index (Phi) is 6.38. The molecule has 0 unspecified atom stereocenters. The SMILES string of the molecule is CN1CCC(Oc2ccc(-c3n[nH]c4ccc(NC(=O)Nc5ccccc5Cl)cc34)cc2)CC1. The van der Waals surface area contributed by atoms with Crippen molar-refractivity contribution in [2.75, 3.05) is 30.8 Å². The summed E-state index contributed by atoms with van der Waals surface area (Å²) in [7, 11) is 2.14. The van der Waals surface area contributed by atoms with E-state index >= 15 is 0 Å². The van der Waals surface area contributed by atoms with Crippen molar-refractivity contribution in [3.63, 3.8) is 0 Å². The average Bonchev–Trinajstić information content (AvgIpc) is 3.26. The zero-order valence-electron chi connectivity index (χ0n) is 18.8. The van der Waals surface area contributed by atoms with Crippen molar-refractivity contribution in [3.05, 3.63) is 71.8 Å². The van der Waals surface area contributed by atoms with Crippen molar-refractivity contribution < 1.29 is 9.53 Å². The number of H-pyrrole nitrogens is 1. The third-order valence-electron chi connectivity index (χ3n) is 6.04. The molecule has 0 bridgehead atoms.